The van der Waals surface area contributed by atoms with E-state index in [1.54, 1.807) is 25.5 Å². The van der Waals surface area contributed by atoms with Gasteiger partial charge in [-0.15, -0.1) is 0 Å². The minimum absolute atomic E-state index is 0.339. The molecule has 0 saturated carbocycles. The van der Waals surface area contributed by atoms with Crippen LogP contribution >= 0.6 is 0 Å². The van der Waals surface area contributed by atoms with E-state index in [0.717, 1.165) is 10.5 Å². The van der Waals surface area contributed by atoms with Crippen molar-refractivity contribution in [2.24, 2.45) is 0 Å². The summed E-state index contributed by atoms with van der Waals surface area (Å²) >= 11 is 0. The molecule has 0 aliphatic carbocycles. The third-order valence-corrected chi connectivity index (χ3v) is 3.73. The second-order valence-electron chi connectivity index (χ2n) is 4.00. The summed E-state index contributed by atoms with van der Waals surface area (Å²) in [4.78, 5) is 0.758. The molecule has 0 aromatic heterocycles. The van der Waals surface area contributed by atoms with Crippen LogP contribution in [0.1, 0.15) is 18.6 Å². The lowest BCUT2D eigenvalue weighted by molar-refractivity contribution is 0.0593. The van der Waals surface area contributed by atoms with Crippen LogP contribution in [0.5, 0.6) is 0 Å². The summed E-state index contributed by atoms with van der Waals surface area (Å²) in [5, 5.41) is 3.06. The summed E-state index contributed by atoms with van der Waals surface area (Å²) < 4.78 is 29.6. The molecule has 1 aromatic carbocycles. The van der Waals surface area contributed by atoms with E-state index in [2.05, 4.69) is 5.32 Å². The van der Waals surface area contributed by atoms with E-state index in [9.17, 15) is 8.60 Å². The third kappa shape index (κ3) is 3.86. The van der Waals surface area contributed by atoms with E-state index < -0.39 is 17.5 Å². The molecule has 1 aromatic rings. The molecule has 0 spiro atoms. The van der Waals surface area contributed by atoms with Crippen LogP contribution < -0.4 is 5.32 Å². The highest BCUT2D eigenvalue weighted by Crippen LogP contribution is 2.22. The highest BCUT2D eigenvalue weighted by molar-refractivity contribution is 7.84. The fourth-order valence-corrected chi connectivity index (χ4v) is 2.41. The molecule has 102 valence electrons. The quantitative estimate of drug-likeness (QED) is 0.826. The van der Waals surface area contributed by atoms with E-state index in [1.165, 1.54) is 0 Å². The minimum atomic E-state index is -0.999. The number of likely N-dealkylation sites (N-methyl/N-ethyl adjacent to an activating group) is 1. The maximum absolute atomic E-state index is 13.0. The number of benzene rings is 1. The Kier molecular flexibility index (Phi) is 6.46. The van der Waals surface area contributed by atoms with Crippen LogP contribution in [0.4, 0.5) is 4.39 Å². The molecular weight excluding hydrogens is 253 g/mol. The van der Waals surface area contributed by atoms with Gasteiger partial charge in [0.15, 0.2) is 0 Å². The van der Waals surface area contributed by atoms with Crippen molar-refractivity contribution < 1.29 is 13.3 Å². The molecule has 1 N–H and O–H groups in total. The first-order valence-electron chi connectivity index (χ1n) is 5.89. The summed E-state index contributed by atoms with van der Waals surface area (Å²) in [6, 6.07) is 6.89. The summed E-state index contributed by atoms with van der Waals surface area (Å²) in [5.74, 6) is 0. The van der Waals surface area contributed by atoms with Crippen LogP contribution in [0.15, 0.2) is 29.2 Å². The van der Waals surface area contributed by atoms with Crippen molar-refractivity contribution in [2.75, 3.05) is 26.6 Å². The summed E-state index contributed by atoms with van der Waals surface area (Å²) in [6.45, 7) is 2.12. The maximum atomic E-state index is 13.0. The Hall–Kier alpha value is -0.780. The topological polar surface area (TPSA) is 38.3 Å². The Morgan fingerprint density at radius 1 is 1.39 bits per heavy atom. The molecule has 0 saturated heterocycles. The number of alkyl halides is 1. The summed E-state index contributed by atoms with van der Waals surface area (Å²) in [5.41, 5.74) is 0.885. The Morgan fingerprint density at radius 3 is 2.39 bits per heavy atom. The SMILES string of the molecule is CCN[C@H](CF)[C@H](OC)c1ccc(S(C)=O)cc1. The Morgan fingerprint density at radius 2 is 2.00 bits per heavy atom. The zero-order chi connectivity index (χ0) is 13.5. The Labute approximate surface area is 110 Å². The first-order chi connectivity index (χ1) is 8.63. The first kappa shape index (κ1) is 15.3. The normalized spacial score (nSPS) is 16.2. The molecule has 0 fully saturated rings. The zero-order valence-corrected chi connectivity index (χ0v) is 11.8. The smallest absolute Gasteiger partial charge is 0.108 e. The van der Waals surface area contributed by atoms with Crippen molar-refractivity contribution in [3.8, 4) is 0 Å². The van der Waals surface area contributed by atoms with Gasteiger partial charge in [-0.1, -0.05) is 19.1 Å². The van der Waals surface area contributed by atoms with Crippen molar-refractivity contribution >= 4 is 10.8 Å². The van der Waals surface area contributed by atoms with Gasteiger partial charge in [0.1, 0.15) is 6.67 Å². The largest absolute Gasteiger partial charge is 0.375 e. The van der Waals surface area contributed by atoms with Crippen LogP contribution in [-0.4, -0.2) is 36.8 Å². The average molecular weight is 273 g/mol. The van der Waals surface area contributed by atoms with Crippen molar-refractivity contribution in [2.45, 2.75) is 24.0 Å². The van der Waals surface area contributed by atoms with Gasteiger partial charge in [-0.2, -0.15) is 0 Å². The van der Waals surface area contributed by atoms with Crippen LogP contribution in [0.2, 0.25) is 0 Å². The van der Waals surface area contributed by atoms with Crippen molar-refractivity contribution in [3.05, 3.63) is 29.8 Å². The molecule has 3 atom stereocenters. The monoisotopic (exact) mass is 273 g/mol. The molecular formula is C13H20FNO2S. The first-order valence-corrected chi connectivity index (χ1v) is 7.45. The second-order valence-corrected chi connectivity index (χ2v) is 5.38. The second kappa shape index (κ2) is 7.61. The van der Waals surface area contributed by atoms with Gasteiger partial charge in [0.05, 0.1) is 12.1 Å². The van der Waals surface area contributed by atoms with Crippen molar-refractivity contribution in [1.82, 2.24) is 5.32 Å². The number of rotatable bonds is 7. The number of hydrogen-bond donors (Lipinski definition) is 1. The molecule has 5 heteroatoms. The van der Waals surface area contributed by atoms with Gasteiger partial charge in [0.2, 0.25) is 0 Å². The fourth-order valence-electron chi connectivity index (χ4n) is 1.89. The average Bonchev–Trinajstić information content (AvgIpc) is 2.39. The number of nitrogens with one attached hydrogen (secondary N) is 1. The van der Waals surface area contributed by atoms with Gasteiger partial charge in [0.25, 0.3) is 0 Å². The highest BCUT2D eigenvalue weighted by atomic mass is 32.2. The molecule has 3 nitrogen and oxygen atoms in total. The molecule has 0 radical (unpaired) electrons. The van der Waals surface area contributed by atoms with E-state index in [0.29, 0.717) is 6.54 Å². The van der Waals surface area contributed by atoms with Gasteiger partial charge < -0.3 is 10.1 Å². The highest BCUT2D eigenvalue weighted by Gasteiger charge is 2.22. The molecule has 1 rings (SSSR count). The molecule has 1 unspecified atom stereocenters. The van der Waals surface area contributed by atoms with Gasteiger partial charge in [0, 0.05) is 29.1 Å². The third-order valence-electron chi connectivity index (χ3n) is 2.79. The van der Waals surface area contributed by atoms with Crippen LogP contribution in [-0.2, 0) is 15.5 Å². The van der Waals surface area contributed by atoms with Gasteiger partial charge in [-0.05, 0) is 24.2 Å². The standard InChI is InChI=1S/C13H20FNO2S/c1-4-15-12(9-14)13(17-2)10-5-7-11(8-6-10)18(3)16/h5-8,12-13,15H,4,9H2,1-3H3/t12-,13-,18?/m1/s1. The van der Waals surface area contributed by atoms with Crippen LogP contribution in [0.3, 0.4) is 0 Å². The Bertz CT molecular complexity index is 383. The minimum Gasteiger partial charge on any atom is -0.375 e. The van der Waals surface area contributed by atoms with Gasteiger partial charge >= 0.3 is 0 Å². The lowest BCUT2D eigenvalue weighted by Gasteiger charge is -2.24. The predicted molar refractivity (Wildman–Crippen MR) is 72.0 cm³/mol. The molecule has 0 bridgehead atoms. The number of hydrogen-bond acceptors (Lipinski definition) is 3. The lowest BCUT2D eigenvalue weighted by atomic mass is 10.0. The predicted octanol–water partition coefficient (Wildman–Crippen LogP) is 2.06. The molecule has 0 aliphatic heterocycles. The molecule has 0 aliphatic rings. The maximum Gasteiger partial charge on any atom is 0.108 e. The lowest BCUT2D eigenvalue weighted by Crippen LogP contribution is -2.37. The number of methoxy groups -OCH3 is 1. The van der Waals surface area contributed by atoms with E-state index >= 15 is 0 Å². The van der Waals surface area contributed by atoms with Gasteiger partial charge in [-0.3, -0.25) is 4.21 Å². The van der Waals surface area contributed by atoms with Crippen LogP contribution in [0, 0.1) is 0 Å². The summed E-state index contributed by atoms with van der Waals surface area (Å²) in [6.07, 6.45) is 1.29. The number of ether oxygens (including phenoxy) is 1. The van der Waals surface area contributed by atoms with E-state index in [-0.39, 0.29) is 12.1 Å². The van der Waals surface area contributed by atoms with E-state index in [1.807, 2.05) is 19.1 Å². The van der Waals surface area contributed by atoms with Crippen molar-refractivity contribution in [1.29, 1.82) is 0 Å². The van der Waals surface area contributed by atoms with Crippen LogP contribution in [0.25, 0.3) is 0 Å². The van der Waals surface area contributed by atoms with Gasteiger partial charge in [-0.25, -0.2) is 4.39 Å². The molecule has 18 heavy (non-hydrogen) atoms. The fraction of sp³-hybridized carbons (Fsp3) is 0.538. The van der Waals surface area contributed by atoms with E-state index in [4.69, 9.17) is 4.74 Å². The zero-order valence-electron chi connectivity index (χ0n) is 11.0. The molecule has 0 amide bonds. The molecule has 0 heterocycles. The Balaban J connectivity index is 2.90. The number of halogens is 1. The van der Waals surface area contributed by atoms with Crippen molar-refractivity contribution in [3.63, 3.8) is 0 Å². The summed E-state index contributed by atoms with van der Waals surface area (Å²) in [7, 11) is 0.567.